The maximum atomic E-state index is 13.0. The Kier molecular flexibility index (Phi) is 4.28. The summed E-state index contributed by atoms with van der Waals surface area (Å²) in [6, 6.07) is 8.79. The summed E-state index contributed by atoms with van der Waals surface area (Å²) in [7, 11) is -3.90. The minimum absolute atomic E-state index is 0.0584. The lowest BCUT2D eigenvalue weighted by Gasteiger charge is -2.17. The molecule has 0 atom stereocenters. The van der Waals surface area contributed by atoms with E-state index in [1.165, 1.54) is 24.3 Å². The number of sulfonamides is 1. The molecule has 0 saturated carbocycles. The van der Waals surface area contributed by atoms with Gasteiger partial charge in [0.25, 0.3) is 15.9 Å². The lowest BCUT2D eigenvalue weighted by molar-refractivity contribution is -0.137. The van der Waals surface area contributed by atoms with Gasteiger partial charge in [0, 0.05) is 5.69 Å². The number of carbonyl (C=O) groups excluding carboxylic acids is 1. The number of anilines is 2. The summed E-state index contributed by atoms with van der Waals surface area (Å²) in [5, 5.41) is 5.68. The quantitative estimate of drug-likeness (QED) is 0.632. The molecule has 0 aliphatic carbocycles. The number of hydrogen-bond donors (Lipinski definition) is 2. The number of alkyl halides is 3. The predicted octanol–water partition coefficient (Wildman–Crippen LogP) is 3.31. The third kappa shape index (κ3) is 3.40. The van der Waals surface area contributed by atoms with Crippen molar-refractivity contribution >= 4 is 39.2 Å². The van der Waals surface area contributed by atoms with Crippen molar-refractivity contribution in [2.45, 2.75) is 11.1 Å². The minimum atomic E-state index is -4.70. The monoisotopic (exact) mass is 443 g/mol. The summed E-state index contributed by atoms with van der Waals surface area (Å²) >= 11 is 5.55. The van der Waals surface area contributed by atoms with Crippen LogP contribution >= 0.6 is 11.6 Å². The number of aromatic nitrogens is 3. The molecule has 150 valence electrons. The number of halogens is 4. The summed E-state index contributed by atoms with van der Waals surface area (Å²) < 4.78 is 66.7. The number of hydrogen-bond acceptors (Lipinski definition) is 5. The molecule has 0 saturated heterocycles. The van der Waals surface area contributed by atoms with E-state index >= 15 is 0 Å². The van der Waals surface area contributed by atoms with Crippen LogP contribution in [0.3, 0.4) is 0 Å². The maximum Gasteiger partial charge on any atom is 0.417 e. The number of para-hydroxylation sites is 1. The molecule has 13 heteroatoms. The molecule has 0 fully saturated rings. The molecular formula is C16H9ClF3N5O3S. The average Bonchev–Trinajstić information content (AvgIpc) is 3.06. The molecule has 1 aromatic heterocycles. The van der Waals surface area contributed by atoms with Gasteiger partial charge in [0.15, 0.2) is 0 Å². The number of fused-ring (bicyclic) bond motifs is 3. The van der Waals surface area contributed by atoms with E-state index in [2.05, 4.69) is 20.1 Å². The molecule has 2 heterocycles. The molecule has 8 nitrogen and oxygen atoms in total. The topological polar surface area (TPSA) is 106 Å². The molecule has 0 bridgehead atoms. The minimum Gasteiger partial charge on any atom is -0.319 e. The molecule has 3 aromatic rings. The Labute approximate surface area is 166 Å². The lowest BCUT2D eigenvalue weighted by Crippen LogP contribution is -2.23. The summed E-state index contributed by atoms with van der Waals surface area (Å²) in [5.41, 5.74) is -1.12. The van der Waals surface area contributed by atoms with E-state index in [-0.39, 0.29) is 22.2 Å². The fourth-order valence-corrected chi connectivity index (χ4v) is 4.08. The molecule has 0 spiro atoms. The van der Waals surface area contributed by atoms with Gasteiger partial charge in [0.05, 0.1) is 16.3 Å². The highest BCUT2D eigenvalue weighted by atomic mass is 35.5. The molecule has 1 amide bonds. The van der Waals surface area contributed by atoms with Crippen LogP contribution in [0.5, 0.6) is 0 Å². The highest BCUT2D eigenvalue weighted by Crippen LogP contribution is 2.36. The standard InChI is InChI=1S/C16H9ClF3N5O3S/c17-10-6-5-8(7-9(10)16(18,19)20)21-14(26)13-22-15-24-29(27,28)12-4-2-1-3-11(12)25(15)23-13/h1-7H,(H,21,26)(H,22,23,24). The molecular weight excluding hydrogens is 435 g/mol. The van der Waals surface area contributed by atoms with Crippen molar-refractivity contribution in [1.29, 1.82) is 0 Å². The fourth-order valence-electron chi connectivity index (χ4n) is 2.68. The first kappa shape index (κ1) is 19.2. The number of carbonyl (C=O) groups is 1. The fraction of sp³-hybridized carbons (Fsp3) is 0.0625. The van der Waals surface area contributed by atoms with Crippen molar-refractivity contribution in [2.75, 3.05) is 10.0 Å². The van der Waals surface area contributed by atoms with Crippen LogP contribution in [-0.2, 0) is 16.2 Å². The summed E-state index contributed by atoms with van der Waals surface area (Å²) in [6.07, 6.45) is -4.70. The predicted molar refractivity (Wildman–Crippen MR) is 96.6 cm³/mol. The van der Waals surface area contributed by atoms with Gasteiger partial charge < -0.3 is 5.32 Å². The van der Waals surface area contributed by atoms with E-state index in [9.17, 15) is 26.4 Å². The van der Waals surface area contributed by atoms with Crippen LogP contribution < -0.4 is 10.0 Å². The van der Waals surface area contributed by atoms with E-state index in [0.717, 1.165) is 10.7 Å². The number of nitrogens with one attached hydrogen (secondary N) is 2. The van der Waals surface area contributed by atoms with Gasteiger partial charge in [-0.15, -0.1) is 5.10 Å². The zero-order chi connectivity index (χ0) is 21.0. The lowest BCUT2D eigenvalue weighted by atomic mass is 10.2. The van der Waals surface area contributed by atoms with Gasteiger partial charge in [0.2, 0.25) is 11.8 Å². The molecule has 2 aromatic carbocycles. The second-order valence-electron chi connectivity index (χ2n) is 5.89. The highest BCUT2D eigenvalue weighted by molar-refractivity contribution is 7.92. The van der Waals surface area contributed by atoms with E-state index < -0.39 is 38.5 Å². The van der Waals surface area contributed by atoms with Crippen LogP contribution in [0.15, 0.2) is 47.4 Å². The van der Waals surface area contributed by atoms with Crippen molar-refractivity contribution in [1.82, 2.24) is 14.8 Å². The van der Waals surface area contributed by atoms with E-state index in [1.54, 1.807) is 6.07 Å². The Morgan fingerprint density at radius 1 is 1.17 bits per heavy atom. The van der Waals surface area contributed by atoms with Crippen LogP contribution in [0, 0.1) is 0 Å². The van der Waals surface area contributed by atoms with Gasteiger partial charge in [0.1, 0.15) is 4.90 Å². The van der Waals surface area contributed by atoms with Crippen molar-refractivity contribution in [3.8, 4) is 5.69 Å². The molecule has 2 N–H and O–H groups in total. The second-order valence-corrected chi connectivity index (χ2v) is 7.95. The van der Waals surface area contributed by atoms with Crippen LogP contribution in [0.2, 0.25) is 5.02 Å². The van der Waals surface area contributed by atoms with Gasteiger partial charge in [-0.2, -0.15) is 22.8 Å². The smallest absolute Gasteiger partial charge is 0.319 e. The first-order valence-electron chi connectivity index (χ1n) is 7.84. The number of rotatable bonds is 2. The largest absolute Gasteiger partial charge is 0.417 e. The summed E-state index contributed by atoms with van der Waals surface area (Å²) in [6.45, 7) is 0. The third-order valence-corrected chi connectivity index (χ3v) is 5.65. The Balaban J connectivity index is 1.68. The van der Waals surface area contributed by atoms with E-state index in [0.29, 0.717) is 6.07 Å². The average molecular weight is 444 g/mol. The van der Waals surface area contributed by atoms with Crippen molar-refractivity contribution in [3.05, 3.63) is 58.9 Å². The van der Waals surface area contributed by atoms with Crippen LogP contribution in [0.25, 0.3) is 5.69 Å². The number of amides is 1. The molecule has 29 heavy (non-hydrogen) atoms. The van der Waals surface area contributed by atoms with Crippen molar-refractivity contribution < 1.29 is 26.4 Å². The molecule has 0 unspecified atom stereocenters. The van der Waals surface area contributed by atoms with E-state index in [1.807, 2.05) is 0 Å². The van der Waals surface area contributed by atoms with Crippen LogP contribution in [-0.4, -0.2) is 29.1 Å². The highest BCUT2D eigenvalue weighted by Gasteiger charge is 2.34. The SMILES string of the molecule is O=C(Nc1ccc(Cl)c(C(F)(F)F)c1)c1nc2n(n1)-c1ccccc1S(=O)(=O)N2. The third-order valence-electron chi connectivity index (χ3n) is 3.95. The van der Waals surface area contributed by atoms with Gasteiger partial charge in [-0.1, -0.05) is 23.7 Å². The normalized spacial score (nSPS) is 14.5. The molecule has 0 radical (unpaired) electrons. The first-order valence-corrected chi connectivity index (χ1v) is 9.70. The first-order chi connectivity index (χ1) is 13.6. The van der Waals surface area contributed by atoms with Crippen molar-refractivity contribution in [2.24, 2.45) is 0 Å². The van der Waals surface area contributed by atoms with Crippen molar-refractivity contribution in [3.63, 3.8) is 0 Å². The van der Waals surface area contributed by atoms with Gasteiger partial charge in [-0.05, 0) is 30.3 Å². The molecule has 4 rings (SSSR count). The summed E-state index contributed by atoms with van der Waals surface area (Å²) in [4.78, 5) is 16.2. The Morgan fingerprint density at radius 2 is 1.90 bits per heavy atom. The van der Waals surface area contributed by atoms with E-state index in [4.69, 9.17) is 11.6 Å². The Bertz CT molecular complexity index is 1260. The summed E-state index contributed by atoms with van der Waals surface area (Å²) in [5.74, 6) is -1.59. The van der Waals surface area contributed by atoms with Crippen LogP contribution in [0.4, 0.5) is 24.8 Å². The second kappa shape index (κ2) is 6.46. The number of nitrogens with zero attached hydrogens (tertiary/aromatic N) is 3. The number of benzene rings is 2. The Morgan fingerprint density at radius 3 is 2.62 bits per heavy atom. The molecule has 1 aliphatic rings. The maximum absolute atomic E-state index is 13.0. The van der Waals surface area contributed by atoms with Gasteiger partial charge in [-0.25, -0.2) is 13.1 Å². The Hall–Kier alpha value is -3.12. The van der Waals surface area contributed by atoms with Crippen LogP contribution in [0.1, 0.15) is 16.2 Å². The van der Waals surface area contributed by atoms with Gasteiger partial charge >= 0.3 is 6.18 Å². The molecule has 1 aliphatic heterocycles. The zero-order valence-corrected chi connectivity index (χ0v) is 15.6. The zero-order valence-electron chi connectivity index (χ0n) is 14.0. The van der Waals surface area contributed by atoms with Gasteiger partial charge in [-0.3, -0.25) is 4.79 Å².